The molecule has 0 bridgehead atoms. The van der Waals surface area contributed by atoms with Gasteiger partial charge in [-0.05, 0) is 62.1 Å². The van der Waals surface area contributed by atoms with Crippen LogP contribution in [0.4, 0.5) is 9.59 Å². The Morgan fingerprint density at radius 3 is 1.88 bits per heavy atom. The molecule has 2 N–H and O–H groups in total. The summed E-state index contributed by atoms with van der Waals surface area (Å²) in [6, 6.07) is 24.9. The summed E-state index contributed by atoms with van der Waals surface area (Å²) in [6.45, 7) is 6.83. The second-order valence-corrected chi connectivity index (χ2v) is 13.3. The van der Waals surface area contributed by atoms with Gasteiger partial charge in [0.25, 0.3) is 5.91 Å². The van der Waals surface area contributed by atoms with Crippen molar-refractivity contribution < 1.29 is 41.8 Å². The van der Waals surface area contributed by atoms with Crippen LogP contribution in [0.15, 0.2) is 97.2 Å². The summed E-state index contributed by atoms with van der Waals surface area (Å²) in [7, 11) is -4.70. The van der Waals surface area contributed by atoms with Gasteiger partial charge in [-0.3, -0.25) is 4.79 Å². The molecule has 4 aromatic rings. The van der Waals surface area contributed by atoms with Crippen molar-refractivity contribution in [2.45, 2.75) is 52.9 Å². The minimum atomic E-state index is -4.70. The molecule has 0 aliphatic rings. The van der Waals surface area contributed by atoms with E-state index in [0.717, 1.165) is 11.2 Å². The van der Waals surface area contributed by atoms with Crippen molar-refractivity contribution in [3.05, 3.63) is 120 Å². The first-order valence-electron chi connectivity index (χ1n) is 15.4. The molecule has 4 rings (SSSR count). The topological polar surface area (TPSA) is 162 Å². The molecule has 1 heterocycles. The first-order valence-corrected chi connectivity index (χ1v) is 16.8. The summed E-state index contributed by atoms with van der Waals surface area (Å²) in [4.78, 5) is 51.7. The second-order valence-electron chi connectivity index (χ2n) is 11.8. The van der Waals surface area contributed by atoms with E-state index in [-0.39, 0.29) is 60.4 Å². The number of nitrogens with one attached hydrogen (secondary N) is 2. The molecule has 0 saturated carbocycles. The van der Waals surface area contributed by atoms with Crippen LogP contribution in [0.5, 0.6) is 0 Å². The maximum atomic E-state index is 13.5. The average molecular weight is 715 g/mol. The average Bonchev–Trinajstić information content (AvgIpc) is 3.52. The van der Waals surface area contributed by atoms with E-state index >= 15 is 0 Å². The zero-order valence-electron chi connectivity index (χ0n) is 27.5. The molecule has 15 heteroatoms. The number of rotatable bonds is 11. The fourth-order valence-electron chi connectivity index (χ4n) is 4.54. The molecule has 0 saturated heterocycles. The molecule has 0 radical (unpaired) electrons. The summed E-state index contributed by atoms with van der Waals surface area (Å²) < 4.78 is 45.1. The van der Waals surface area contributed by atoms with Gasteiger partial charge in [-0.25, -0.2) is 33.5 Å². The summed E-state index contributed by atoms with van der Waals surface area (Å²) in [5.74, 6) is -1.50. The number of benzene rings is 3. The monoisotopic (exact) mass is 714 g/mol. The quantitative estimate of drug-likeness (QED) is 0.0924. The van der Waals surface area contributed by atoms with Gasteiger partial charge in [0.15, 0.2) is 5.69 Å². The first kappa shape index (κ1) is 39.8. The molecule has 0 atom stereocenters. The van der Waals surface area contributed by atoms with Crippen LogP contribution in [0.2, 0.25) is 0 Å². The van der Waals surface area contributed by atoms with Crippen molar-refractivity contribution in [3.63, 3.8) is 0 Å². The van der Waals surface area contributed by atoms with E-state index in [0.29, 0.717) is 27.1 Å². The number of carbonyl (C=O) groups excluding carboxylic acids is 4. The number of hydrazine groups is 1. The number of hydrogen-bond acceptors (Lipinski definition) is 9. The fraction of sp³-hybridized carbons (Fsp3) is 0.257. The Hall–Kier alpha value is -4.63. The van der Waals surface area contributed by atoms with E-state index in [1.807, 2.05) is 11.6 Å². The number of aromatic nitrogens is 1. The normalized spacial score (nSPS) is 11.0. The third-order valence-electron chi connectivity index (χ3n) is 6.70. The number of esters is 1. The van der Waals surface area contributed by atoms with E-state index in [9.17, 15) is 27.6 Å². The Kier molecular flexibility index (Phi) is 14.2. The maximum absolute atomic E-state index is 13.5. The summed E-state index contributed by atoms with van der Waals surface area (Å²) >= 11 is 0. The van der Waals surface area contributed by atoms with E-state index < -0.39 is 45.6 Å². The second kappa shape index (κ2) is 17.9. The van der Waals surface area contributed by atoms with Gasteiger partial charge in [0.05, 0.1) is 0 Å². The van der Waals surface area contributed by atoms with Crippen LogP contribution in [-0.2, 0) is 37.6 Å². The van der Waals surface area contributed by atoms with Crippen LogP contribution in [0.1, 0.15) is 66.1 Å². The van der Waals surface area contributed by atoms with Crippen molar-refractivity contribution in [1.82, 2.24) is 19.1 Å². The van der Waals surface area contributed by atoms with Crippen molar-refractivity contribution in [3.8, 4) is 11.1 Å². The number of nitrogens with zero attached hydrogens (tertiary/aromatic N) is 2. The van der Waals surface area contributed by atoms with Crippen LogP contribution >= 0.6 is 0 Å². The number of ether oxygens (including phenoxy) is 3. The number of hydrogen-bond donors (Lipinski definition) is 2. The molecule has 50 heavy (non-hydrogen) atoms. The number of carbonyl (C=O) groups is 4. The van der Waals surface area contributed by atoms with Gasteiger partial charge in [0.2, 0.25) is 0 Å². The van der Waals surface area contributed by atoms with Gasteiger partial charge in [0, 0.05) is 23.9 Å². The van der Waals surface area contributed by atoms with Crippen molar-refractivity contribution in [2.75, 3.05) is 6.54 Å². The molecule has 260 valence electrons. The van der Waals surface area contributed by atoms with E-state index in [4.69, 9.17) is 14.2 Å². The molecule has 0 aliphatic carbocycles. The van der Waals surface area contributed by atoms with Crippen LogP contribution in [0.3, 0.4) is 0 Å². The van der Waals surface area contributed by atoms with Gasteiger partial charge in [-0.2, -0.15) is 8.42 Å². The zero-order chi connectivity index (χ0) is 35.6. The van der Waals surface area contributed by atoms with Crippen LogP contribution in [0, 0.1) is 0 Å². The van der Waals surface area contributed by atoms with Gasteiger partial charge in [0.1, 0.15) is 18.8 Å². The van der Waals surface area contributed by atoms with Crippen molar-refractivity contribution >= 4 is 63.8 Å². The molecule has 0 unspecified atom stereocenters. The number of amides is 3. The van der Waals surface area contributed by atoms with E-state index in [1.54, 1.807) is 81.4 Å². The van der Waals surface area contributed by atoms with Crippen LogP contribution < -0.4 is 10.1 Å². The first-order chi connectivity index (χ1) is 23.3. The molecular weight excluding hydrogens is 675 g/mol. The Morgan fingerprint density at radius 2 is 1.34 bits per heavy atom. The molecule has 13 nitrogen and oxygen atoms in total. The third kappa shape index (κ3) is 11.2. The van der Waals surface area contributed by atoms with Crippen LogP contribution in [-0.4, -0.2) is 83.2 Å². The Bertz CT molecular complexity index is 1880. The van der Waals surface area contributed by atoms with Crippen molar-refractivity contribution in [1.29, 1.82) is 0 Å². The molecule has 1 aromatic heterocycles. The molecular formula is C35H39N4NaO9S. The van der Waals surface area contributed by atoms with E-state index in [1.165, 1.54) is 30.3 Å². The molecule has 3 amide bonds. The predicted octanol–water partition coefficient (Wildman–Crippen LogP) is 5.17. The fourth-order valence-corrected chi connectivity index (χ4v) is 5.54. The summed E-state index contributed by atoms with van der Waals surface area (Å²) in [5, 5.41) is 1.14. The molecule has 0 aliphatic heterocycles. The SMILES string of the molecule is CCCN(NC(=O)OC(C)(C)C)C(=O)c1ccc(-c2ccn(S(=O)(=O)NC(=O)OCc3ccccc3)c2C(=O)OCc2ccccc2)cc1.[NaH]. The Morgan fingerprint density at radius 1 is 0.780 bits per heavy atom. The molecule has 3 aromatic carbocycles. The van der Waals surface area contributed by atoms with Gasteiger partial charge in [-0.1, -0.05) is 79.7 Å². The minimum absolute atomic E-state index is 0. The van der Waals surface area contributed by atoms with Crippen molar-refractivity contribution in [2.24, 2.45) is 0 Å². The molecule has 0 fully saturated rings. The van der Waals surface area contributed by atoms with Crippen LogP contribution in [0.25, 0.3) is 11.1 Å². The summed E-state index contributed by atoms with van der Waals surface area (Å²) in [6.07, 6.45) is -0.385. The Balaban J connectivity index is 0.00000676. The van der Waals surface area contributed by atoms with Gasteiger partial charge in [-0.15, -0.1) is 0 Å². The standard InChI is InChI=1S/C35H38N4O9S.Na.H/c1-5-21-38(36-33(42)48-35(2,3)4)31(40)28-18-16-27(17-19-28)29-20-22-39(30(29)32(41)46-23-25-12-8-6-9-13-25)49(44,45)37-34(43)47-24-26-14-10-7-11-15-26;;/h6-20,22H,5,21,23-24H2,1-4H3,(H,36,42)(H,37,43);;. The van der Waals surface area contributed by atoms with Gasteiger partial charge >= 0.3 is 57.9 Å². The Labute approximate surface area is 313 Å². The summed E-state index contributed by atoms with van der Waals surface area (Å²) in [5.41, 5.74) is 3.34. The zero-order valence-corrected chi connectivity index (χ0v) is 28.4. The predicted molar refractivity (Wildman–Crippen MR) is 187 cm³/mol. The van der Waals surface area contributed by atoms with E-state index in [2.05, 4.69) is 5.43 Å². The van der Waals surface area contributed by atoms with Gasteiger partial charge < -0.3 is 14.2 Å². The molecule has 0 spiro atoms. The third-order valence-corrected chi connectivity index (χ3v) is 7.95.